The Balaban J connectivity index is 2.44. The van der Waals surface area contributed by atoms with E-state index in [1.54, 1.807) is 16.7 Å². The number of nitrogens with two attached hydrogens (primary N) is 1. The minimum Gasteiger partial charge on any atom is -0.399 e. The van der Waals surface area contributed by atoms with Gasteiger partial charge in [-0.3, -0.25) is 9.36 Å². The van der Waals surface area contributed by atoms with Crippen molar-refractivity contribution in [2.24, 2.45) is 0 Å². The third-order valence-corrected chi connectivity index (χ3v) is 4.47. The predicted molar refractivity (Wildman–Crippen MR) is 88.9 cm³/mol. The molecule has 3 aromatic rings. The molecular weight excluding hydrogens is 330 g/mol. The predicted octanol–water partition coefficient (Wildman–Crippen LogP) is 3.35. The molecule has 0 saturated heterocycles. The molecule has 0 bridgehead atoms. The second-order valence-electron chi connectivity index (χ2n) is 4.99. The Kier molecular flexibility index (Phi) is 3.29. The second kappa shape index (κ2) is 5.00. The summed E-state index contributed by atoms with van der Waals surface area (Å²) in [6.07, 6.45) is 0. The third-order valence-electron chi connectivity index (χ3n) is 3.44. The summed E-state index contributed by atoms with van der Waals surface area (Å²) in [6, 6.07) is 11.0. The van der Waals surface area contributed by atoms with Gasteiger partial charge in [-0.2, -0.15) is 0 Å². The highest BCUT2D eigenvalue weighted by atomic mass is 79.9. The van der Waals surface area contributed by atoms with Crippen LogP contribution >= 0.6 is 15.9 Å². The van der Waals surface area contributed by atoms with Crippen molar-refractivity contribution in [3.05, 3.63) is 62.6 Å². The lowest BCUT2D eigenvalue weighted by molar-refractivity contribution is 0.889. The largest absolute Gasteiger partial charge is 0.399 e. The van der Waals surface area contributed by atoms with Crippen LogP contribution in [0.1, 0.15) is 11.4 Å². The van der Waals surface area contributed by atoms with Crippen molar-refractivity contribution in [1.29, 1.82) is 0 Å². The maximum absolute atomic E-state index is 12.8. The van der Waals surface area contributed by atoms with Crippen molar-refractivity contribution in [2.45, 2.75) is 13.8 Å². The molecule has 0 atom stereocenters. The third kappa shape index (κ3) is 2.23. The van der Waals surface area contributed by atoms with Crippen LogP contribution < -0.4 is 11.3 Å². The Morgan fingerprint density at radius 1 is 1.19 bits per heavy atom. The Labute approximate surface area is 130 Å². The average molecular weight is 344 g/mol. The molecule has 0 unspecified atom stereocenters. The minimum absolute atomic E-state index is 0.0937. The molecule has 1 aromatic heterocycles. The molecule has 0 radical (unpaired) electrons. The van der Waals surface area contributed by atoms with Crippen LogP contribution in [0.5, 0.6) is 0 Å². The number of para-hydroxylation sites is 1. The number of fused-ring (bicyclic) bond motifs is 1. The van der Waals surface area contributed by atoms with Gasteiger partial charge in [0.2, 0.25) is 0 Å². The number of hydrogen-bond donors (Lipinski definition) is 1. The van der Waals surface area contributed by atoms with E-state index in [0.717, 1.165) is 10.0 Å². The molecule has 106 valence electrons. The molecule has 5 heteroatoms. The number of rotatable bonds is 1. The molecule has 0 amide bonds. The zero-order valence-corrected chi connectivity index (χ0v) is 13.3. The molecule has 4 nitrogen and oxygen atoms in total. The summed E-state index contributed by atoms with van der Waals surface area (Å²) in [5.74, 6) is 0.629. The van der Waals surface area contributed by atoms with Crippen LogP contribution in [0.2, 0.25) is 0 Å². The lowest BCUT2D eigenvalue weighted by atomic mass is 10.2. The number of benzene rings is 2. The van der Waals surface area contributed by atoms with E-state index >= 15 is 0 Å². The molecule has 0 spiro atoms. The van der Waals surface area contributed by atoms with Crippen molar-refractivity contribution in [3.8, 4) is 5.69 Å². The van der Waals surface area contributed by atoms with Gasteiger partial charge in [-0.15, -0.1) is 0 Å². The van der Waals surface area contributed by atoms with Gasteiger partial charge in [-0.1, -0.05) is 12.1 Å². The summed E-state index contributed by atoms with van der Waals surface area (Å²) in [5, 5.41) is 0.593. The van der Waals surface area contributed by atoms with Gasteiger partial charge >= 0.3 is 0 Å². The molecule has 0 fully saturated rings. The molecule has 1 heterocycles. The van der Waals surface area contributed by atoms with Gasteiger partial charge in [0.25, 0.3) is 5.56 Å². The van der Waals surface area contributed by atoms with Gasteiger partial charge in [0.05, 0.1) is 16.6 Å². The number of nitrogens with zero attached hydrogens (tertiary/aromatic N) is 2. The maximum Gasteiger partial charge on any atom is 0.265 e. The summed E-state index contributed by atoms with van der Waals surface area (Å²) >= 11 is 3.54. The van der Waals surface area contributed by atoms with Gasteiger partial charge in [0, 0.05) is 10.2 Å². The first-order valence-electron chi connectivity index (χ1n) is 6.53. The van der Waals surface area contributed by atoms with Crippen LogP contribution in [0.4, 0.5) is 5.69 Å². The monoisotopic (exact) mass is 343 g/mol. The topological polar surface area (TPSA) is 60.9 Å². The number of aromatic nitrogens is 2. The lowest BCUT2D eigenvalue weighted by Crippen LogP contribution is -2.23. The number of aryl methyl sites for hydroxylation is 2. The van der Waals surface area contributed by atoms with E-state index in [4.69, 9.17) is 5.73 Å². The number of anilines is 1. The molecule has 0 aliphatic carbocycles. The Morgan fingerprint density at radius 3 is 2.67 bits per heavy atom. The molecule has 0 aliphatic heterocycles. The normalized spacial score (nSPS) is 11.0. The highest BCUT2D eigenvalue weighted by Crippen LogP contribution is 2.27. The van der Waals surface area contributed by atoms with Crippen molar-refractivity contribution in [3.63, 3.8) is 0 Å². The number of hydrogen-bond acceptors (Lipinski definition) is 3. The zero-order valence-electron chi connectivity index (χ0n) is 11.7. The van der Waals surface area contributed by atoms with Crippen LogP contribution in [0, 0.1) is 13.8 Å². The van der Waals surface area contributed by atoms with E-state index in [9.17, 15) is 4.79 Å². The summed E-state index contributed by atoms with van der Waals surface area (Å²) in [4.78, 5) is 17.3. The van der Waals surface area contributed by atoms with Gasteiger partial charge in [-0.25, -0.2) is 4.98 Å². The first-order valence-corrected chi connectivity index (χ1v) is 7.32. The van der Waals surface area contributed by atoms with Crippen molar-refractivity contribution < 1.29 is 0 Å². The molecular formula is C16H14BrN3O. The van der Waals surface area contributed by atoms with E-state index in [1.165, 1.54) is 0 Å². The van der Waals surface area contributed by atoms with Gasteiger partial charge in [0.1, 0.15) is 5.82 Å². The Hall–Kier alpha value is -2.14. The van der Waals surface area contributed by atoms with E-state index < -0.39 is 0 Å². The fraction of sp³-hybridized carbons (Fsp3) is 0.125. The highest BCUT2D eigenvalue weighted by Gasteiger charge is 2.13. The van der Waals surface area contributed by atoms with E-state index in [1.807, 2.05) is 38.1 Å². The van der Waals surface area contributed by atoms with Crippen LogP contribution in [0.3, 0.4) is 0 Å². The molecule has 21 heavy (non-hydrogen) atoms. The standard InChI is InChI=1S/C16H14BrN3O/c1-9-7-11(18)8-14(15(9)17)20-10(2)19-13-6-4-3-5-12(13)16(20)21/h3-8H,18H2,1-2H3. The Bertz CT molecular complexity index is 915. The molecule has 2 aromatic carbocycles. The first kappa shape index (κ1) is 13.8. The van der Waals surface area contributed by atoms with Crippen molar-refractivity contribution in [1.82, 2.24) is 9.55 Å². The summed E-state index contributed by atoms with van der Waals surface area (Å²) in [5.41, 5.74) is 8.84. The molecule has 0 aliphatic rings. The van der Waals surface area contributed by atoms with Crippen LogP contribution in [-0.2, 0) is 0 Å². The Morgan fingerprint density at radius 2 is 1.90 bits per heavy atom. The molecule has 3 rings (SSSR count). The zero-order chi connectivity index (χ0) is 15.1. The quantitative estimate of drug-likeness (QED) is 0.689. The van der Waals surface area contributed by atoms with Crippen molar-refractivity contribution >= 4 is 32.5 Å². The van der Waals surface area contributed by atoms with Crippen LogP contribution in [-0.4, -0.2) is 9.55 Å². The summed E-state index contributed by atoms with van der Waals surface area (Å²) in [7, 11) is 0. The summed E-state index contributed by atoms with van der Waals surface area (Å²) in [6.45, 7) is 3.76. The van der Waals surface area contributed by atoms with E-state index in [0.29, 0.717) is 28.1 Å². The van der Waals surface area contributed by atoms with Crippen LogP contribution in [0.15, 0.2) is 45.7 Å². The SMILES string of the molecule is Cc1cc(N)cc(-n2c(C)nc3ccccc3c2=O)c1Br. The van der Waals surface area contributed by atoms with E-state index in [2.05, 4.69) is 20.9 Å². The highest BCUT2D eigenvalue weighted by molar-refractivity contribution is 9.10. The number of halogens is 1. The van der Waals surface area contributed by atoms with Crippen LogP contribution in [0.25, 0.3) is 16.6 Å². The first-order chi connectivity index (χ1) is 9.99. The smallest absolute Gasteiger partial charge is 0.265 e. The van der Waals surface area contributed by atoms with Gasteiger partial charge in [0.15, 0.2) is 0 Å². The van der Waals surface area contributed by atoms with Gasteiger partial charge < -0.3 is 5.73 Å². The minimum atomic E-state index is -0.0937. The fourth-order valence-corrected chi connectivity index (χ4v) is 2.87. The fourth-order valence-electron chi connectivity index (χ4n) is 2.47. The van der Waals surface area contributed by atoms with Gasteiger partial charge in [-0.05, 0) is 59.6 Å². The second-order valence-corrected chi connectivity index (χ2v) is 5.78. The average Bonchev–Trinajstić information content (AvgIpc) is 2.44. The number of nitrogen functional groups attached to an aromatic ring is 1. The summed E-state index contributed by atoms with van der Waals surface area (Å²) < 4.78 is 2.44. The molecule has 2 N–H and O–H groups in total. The maximum atomic E-state index is 12.8. The van der Waals surface area contributed by atoms with Crippen molar-refractivity contribution in [2.75, 3.05) is 5.73 Å². The van der Waals surface area contributed by atoms with E-state index in [-0.39, 0.29) is 5.56 Å². The molecule has 0 saturated carbocycles. The lowest BCUT2D eigenvalue weighted by Gasteiger charge is -2.14.